The van der Waals surface area contributed by atoms with E-state index in [0.717, 1.165) is 31.2 Å². The third kappa shape index (κ3) is 3.48. The molecule has 5 nitrogen and oxygen atoms in total. The molecule has 0 spiro atoms. The van der Waals surface area contributed by atoms with Gasteiger partial charge in [-0.25, -0.2) is 0 Å². The molecule has 0 amide bonds. The lowest BCUT2D eigenvalue weighted by molar-refractivity contribution is -0.151. The molecule has 0 N–H and O–H groups in total. The van der Waals surface area contributed by atoms with E-state index in [2.05, 4.69) is 10.2 Å². The van der Waals surface area contributed by atoms with E-state index in [-0.39, 0.29) is 18.5 Å². The van der Waals surface area contributed by atoms with Gasteiger partial charge in [0.2, 0.25) is 5.89 Å². The fourth-order valence-corrected chi connectivity index (χ4v) is 2.60. The number of aromatic nitrogens is 2. The first-order valence-electron chi connectivity index (χ1n) is 7.37. The van der Waals surface area contributed by atoms with Crippen LogP contribution in [-0.4, -0.2) is 16.2 Å². The zero-order valence-corrected chi connectivity index (χ0v) is 11.8. The summed E-state index contributed by atoms with van der Waals surface area (Å²) in [6, 6.07) is 9.52. The first-order chi connectivity index (χ1) is 10.3. The highest BCUT2D eigenvalue weighted by Gasteiger charge is 2.23. The molecule has 0 bridgehead atoms. The van der Waals surface area contributed by atoms with Gasteiger partial charge in [-0.1, -0.05) is 37.5 Å². The highest BCUT2D eigenvalue weighted by atomic mass is 16.5. The predicted molar refractivity (Wildman–Crippen MR) is 76.1 cm³/mol. The number of carbonyl (C=O) groups excluding carboxylic acids is 1. The molecule has 5 heteroatoms. The van der Waals surface area contributed by atoms with Crippen LogP contribution in [0.4, 0.5) is 0 Å². The number of ether oxygens (including phenoxy) is 1. The molecule has 0 atom stereocenters. The maximum absolute atomic E-state index is 11.9. The highest BCUT2D eigenvalue weighted by molar-refractivity contribution is 5.72. The van der Waals surface area contributed by atoms with Crippen molar-refractivity contribution in [3.8, 4) is 11.5 Å². The van der Waals surface area contributed by atoms with Crippen LogP contribution >= 0.6 is 0 Å². The Labute approximate surface area is 123 Å². The number of benzene rings is 1. The van der Waals surface area contributed by atoms with E-state index in [4.69, 9.17) is 9.15 Å². The molecule has 1 saturated carbocycles. The number of hydrogen-bond acceptors (Lipinski definition) is 5. The summed E-state index contributed by atoms with van der Waals surface area (Å²) in [6.45, 7) is 0.0508. The Kier molecular flexibility index (Phi) is 4.28. The molecule has 2 aromatic rings. The Morgan fingerprint density at radius 2 is 1.90 bits per heavy atom. The molecule has 1 aliphatic carbocycles. The summed E-state index contributed by atoms with van der Waals surface area (Å²) in [7, 11) is 0. The second kappa shape index (κ2) is 6.52. The van der Waals surface area contributed by atoms with Crippen LogP contribution < -0.4 is 0 Å². The van der Waals surface area contributed by atoms with E-state index in [1.807, 2.05) is 30.3 Å². The Bertz CT molecular complexity index is 589. The monoisotopic (exact) mass is 286 g/mol. The predicted octanol–water partition coefficient (Wildman–Crippen LogP) is 3.36. The Morgan fingerprint density at radius 1 is 1.14 bits per heavy atom. The molecule has 110 valence electrons. The molecular weight excluding hydrogens is 268 g/mol. The standard InChI is InChI=1S/C16H18N2O3/c19-16(13-9-5-2-6-10-13)20-11-14-17-18-15(21-14)12-7-3-1-4-8-12/h1,3-4,7-8,13H,2,5-6,9-11H2. The molecule has 0 aliphatic heterocycles. The summed E-state index contributed by atoms with van der Waals surface area (Å²) in [5.41, 5.74) is 0.856. The van der Waals surface area contributed by atoms with Crippen molar-refractivity contribution >= 4 is 5.97 Å². The van der Waals surface area contributed by atoms with E-state index in [9.17, 15) is 4.79 Å². The van der Waals surface area contributed by atoms with Crippen molar-refractivity contribution in [3.05, 3.63) is 36.2 Å². The van der Waals surface area contributed by atoms with Crippen LogP contribution in [0.15, 0.2) is 34.7 Å². The van der Waals surface area contributed by atoms with Crippen molar-refractivity contribution in [1.29, 1.82) is 0 Å². The zero-order valence-electron chi connectivity index (χ0n) is 11.8. The van der Waals surface area contributed by atoms with Crippen molar-refractivity contribution in [3.63, 3.8) is 0 Å². The number of carbonyl (C=O) groups is 1. The van der Waals surface area contributed by atoms with Gasteiger partial charge in [-0.3, -0.25) is 4.79 Å². The second-order valence-corrected chi connectivity index (χ2v) is 5.31. The van der Waals surface area contributed by atoms with E-state index in [1.165, 1.54) is 6.42 Å². The summed E-state index contributed by atoms with van der Waals surface area (Å²) in [4.78, 5) is 11.9. The zero-order chi connectivity index (χ0) is 14.5. The topological polar surface area (TPSA) is 65.2 Å². The Morgan fingerprint density at radius 3 is 2.67 bits per heavy atom. The van der Waals surface area contributed by atoms with Gasteiger partial charge in [0.15, 0.2) is 6.61 Å². The van der Waals surface area contributed by atoms with Crippen LogP contribution in [0.2, 0.25) is 0 Å². The van der Waals surface area contributed by atoms with Crippen molar-refractivity contribution in [2.24, 2.45) is 5.92 Å². The minimum atomic E-state index is -0.144. The summed E-state index contributed by atoms with van der Waals surface area (Å²) in [5.74, 6) is 0.668. The number of nitrogens with zero attached hydrogens (tertiary/aromatic N) is 2. The summed E-state index contributed by atoms with van der Waals surface area (Å²) in [6.07, 6.45) is 5.29. The lowest BCUT2D eigenvalue weighted by Gasteiger charge is -2.19. The molecule has 0 saturated heterocycles. The number of hydrogen-bond donors (Lipinski definition) is 0. The second-order valence-electron chi connectivity index (χ2n) is 5.31. The van der Waals surface area contributed by atoms with Gasteiger partial charge in [0.25, 0.3) is 5.89 Å². The maximum atomic E-state index is 11.9. The molecule has 1 heterocycles. The minimum absolute atomic E-state index is 0.0373. The van der Waals surface area contributed by atoms with E-state index < -0.39 is 0 Å². The fraction of sp³-hybridized carbons (Fsp3) is 0.438. The van der Waals surface area contributed by atoms with Crippen molar-refractivity contribution in [2.45, 2.75) is 38.7 Å². The van der Waals surface area contributed by atoms with Gasteiger partial charge in [-0.15, -0.1) is 10.2 Å². The summed E-state index contributed by atoms with van der Waals surface area (Å²) in [5, 5.41) is 7.88. The molecule has 1 aromatic carbocycles. The van der Waals surface area contributed by atoms with Gasteiger partial charge >= 0.3 is 5.97 Å². The van der Waals surface area contributed by atoms with Crippen molar-refractivity contribution in [2.75, 3.05) is 0 Å². The average Bonchev–Trinajstić information content (AvgIpc) is 3.03. The Balaban J connectivity index is 1.56. The molecule has 21 heavy (non-hydrogen) atoms. The first kappa shape index (κ1) is 13.8. The van der Waals surface area contributed by atoms with Crippen LogP contribution in [-0.2, 0) is 16.1 Å². The van der Waals surface area contributed by atoms with Gasteiger partial charge in [-0.05, 0) is 25.0 Å². The van der Waals surface area contributed by atoms with Crippen LogP contribution in [0.5, 0.6) is 0 Å². The van der Waals surface area contributed by atoms with E-state index in [1.54, 1.807) is 0 Å². The van der Waals surface area contributed by atoms with Crippen LogP contribution in [0.1, 0.15) is 38.0 Å². The highest BCUT2D eigenvalue weighted by Crippen LogP contribution is 2.25. The first-order valence-corrected chi connectivity index (χ1v) is 7.37. The van der Waals surface area contributed by atoms with Gasteiger partial charge in [0, 0.05) is 5.56 Å². The largest absolute Gasteiger partial charge is 0.455 e. The lowest BCUT2D eigenvalue weighted by Crippen LogP contribution is -2.20. The smallest absolute Gasteiger partial charge is 0.309 e. The van der Waals surface area contributed by atoms with Crippen molar-refractivity contribution < 1.29 is 13.9 Å². The van der Waals surface area contributed by atoms with Crippen LogP contribution in [0, 0.1) is 5.92 Å². The maximum Gasteiger partial charge on any atom is 0.309 e. The molecule has 1 fully saturated rings. The minimum Gasteiger partial charge on any atom is -0.455 e. The van der Waals surface area contributed by atoms with E-state index >= 15 is 0 Å². The number of esters is 1. The Hall–Kier alpha value is -2.17. The molecule has 0 radical (unpaired) electrons. The number of rotatable bonds is 4. The lowest BCUT2D eigenvalue weighted by atomic mass is 9.89. The third-order valence-corrected chi connectivity index (χ3v) is 3.76. The summed E-state index contributed by atoms with van der Waals surface area (Å²) < 4.78 is 10.8. The molecular formula is C16H18N2O3. The van der Waals surface area contributed by atoms with Gasteiger partial charge < -0.3 is 9.15 Å². The summed E-state index contributed by atoms with van der Waals surface area (Å²) >= 11 is 0. The SMILES string of the molecule is O=C(OCc1nnc(-c2ccccc2)o1)C1CCCCC1. The molecule has 1 aliphatic rings. The quantitative estimate of drug-likeness (QED) is 0.806. The fourth-order valence-electron chi connectivity index (χ4n) is 2.60. The third-order valence-electron chi connectivity index (χ3n) is 3.76. The molecule has 1 aromatic heterocycles. The molecule has 0 unspecified atom stereocenters. The van der Waals surface area contributed by atoms with Crippen LogP contribution in [0.3, 0.4) is 0 Å². The molecule has 3 rings (SSSR count). The van der Waals surface area contributed by atoms with Gasteiger partial charge in [0.1, 0.15) is 0 Å². The van der Waals surface area contributed by atoms with Crippen molar-refractivity contribution in [1.82, 2.24) is 10.2 Å². The van der Waals surface area contributed by atoms with Gasteiger partial charge in [0.05, 0.1) is 5.92 Å². The van der Waals surface area contributed by atoms with Gasteiger partial charge in [-0.2, -0.15) is 0 Å². The normalized spacial score (nSPS) is 15.8. The van der Waals surface area contributed by atoms with E-state index in [0.29, 0.717) is 11.8 Å². The average molecular weight is 286 g/mol. The van der Waals surface area contributed by atoms with Crippen LogP contribution in [0.25, 0.3) is 11.5 Å².